The first kappa shape index (κ1) is 15.1. The van der Waals surface area contributed by atoms with E-state index >= 15 is 0 Å². The first-order valence-electron chi connectivity index (χ1n) is 6.31. The van der Waals surface area contributed by atoms with Gasteiger partial charge in [0.15, 0.2) is 0 Å². The summed E-state index contributed by atoms with van der Waals surface area (Å²) in [7, 11) is -3.71. The Morgan fingerprint density at radius 1 is 1.05 bits per heavy atom. The van der Waals surface area contributed by atoms with Gasteiger partial charge in [-0.1, -0.05) is 24.3 Å². The monoisotopic (exact) mass is 304 g/mol. The van der Waals surface area contributed by atoms with Gasteiger partial charge in [-0.15, -0.1) is 0 Å². The van der Waals surface area contributed by atoms with Gasteiger partial charge in [-0.25, -0.2) is 8.42 Å². The molecule has 0 spiro atoms. The van der Waals surface area contributed by atoms with Gasteiger partial charge in [0.1, 0.15) is 0 Å². The summed E-state index contributed by atoms with van der Waals surface area (Å²) in [4.78, 5) is 11.5. The standard InChI is InChI=1S/C15H16N2O3S/c1-10-6-3-4-9-14(10)21(19,20)17-13-8-5-7-12(11(13)2)15(16)18/h3-9,17H,1-2H3,(H2,16,18). The molecule has 3 N–H and O–H groups in total. The molecule has 2 aromatic carbocycles. The van der Waals surface area contributed by atoms with Crippen LogP contribution in [0.5, 0.6) is 0 Å². The third-order valence-corrected chi connectivity index (χ3v) is 4.75. The van der Waals surface area contributed by atoms with E-state index in [0.717, 1.165) is 0 Å². The SMILES string of the molecule is Cc1ccccc1S(=O)(=O)Nc1cccc(C(N)=O)c1C. The van der Waals surface area contributed by atoms with Crippen LogP contribution >= 0.6 is 0 Å². The number of benzene rings is 2. The van der Waals surface area contributed by atoms with Gasteiger partial charge in [0.05, 0.1) is 10.6 Å². The second-order valence-electron chi connectivity index (χ2n) is 4.71. The van der Waals surface area contributed by atoms with E-state index in [2.05, 4.69) is 4.72 Å². The molecule has 2 rings (SSSR count). The van der Waals surface area contributed by atoms with Crippen molar-refractivity contribution in [1.29, 1.82) is 0 Å². The highest BCUT2D eigenvalue weighted by Gasteiger charge is 2.18. The van der Waals surface area contributed by atoms with E-state index in [1.165, 1.54) is 6.07 Å². The quantitative estimate of drug-likeness (QED) is 0.907. The largest absolute Gasteiger partial charge is 0.366 e. The molecular weight excluding hydrogens is 288 g/mol. The normalized spacial score (nSPS) is 11.1. The molecule has 0 aliphatic carbocycles. The summed E-state index contributed by atoms with van der Waals surface area (Å²) < 4.78 is 27.4. The first-order chi connectivity index (χ1) is 9.83. The molecule has 0 bridgehead atoms. The zero-order chi connectivity index (χ0) is 15.6. The van der Waals surface area contributed by atoms with Crippen LogP contribution in [0.4, 0.5) is 5.69 Å². The van der Waals surface area contributed by atoms with Crippen LogP contribution in [0.2, 0.25) is 0 Å². The molecule has 2 aromatic rings. The number of anilines is 1. The zero-order valence-electron chi connectivity index (χ0n) is 11.8. The van der Waals surface area contributed by atoms with Crippen LogP contribution in [0.15, 0.2) is 47.4 Å². The lowest BCUT2D eigenvalue weighted by Crippen LogP contribution is -2.17. The van der Waals surface area contributed by atoms with E-state index < -0.39 is 15.9 Å². The molecule has 0 aliphatic rings. The van der Waals surface area contributed by atoms with E-state index in [9.17, 15) is 13.2 Å². The summed E-state index contributed by atoms with van der Waals surface area (Å²) in [6, 6.07) is 11.4. The molecule has 5 nitrogen and oxygen atoms in total. The van der Waals surface area contributed by atoms with Gasteiger partial charge in [-0.3, -0.25) is 9.52 Å². The molecule has 1 amide bonds. The molecule has 0 radical (unpaired) electrons. The number of nitrogens with one attached hydrogen (secondary N) is 1. The number of hydrogen-bond donors (Lipinski definition) is 2. The Morgan fingerprint density at radius 2 is 1.71 bits per heavy atom. The number of rotatable bonds is 4. The molecule has 0 atom stereocenters. The molecular formula is C15H16N2O3S. The highest BCUT2D eigenvalue weighted by Crippen LogP contribution is 2.23. The van der Waals surface area contributed by atoms with Gasteiger partial charge < -0.3 is 5.73 Å². The molecule has 110 valence electrons. The minimum atomic E-state index is -3.71. The van der Waals surface area contributed by atoms with E-state index in [1.54, 1.807) is 50.2 Å². The van der Waals surface area contributed by atoms with Crippen LogP contribution in [0.3, 0.4) is 0 Å². The summed E-state index contributed by atoms with van der Waals surface area (Å²) in [6.45, 7) is 3.37. The summed E-state index contributed by atoms with van der Waals surface area (Å²) in [5, 5.41) is 0. The number of hydrogen-bond acceptors (Lipinski definition) is 3. The maximum absolute atomic E-state index is 12.4. The van der Waals surface area contributed by atoms with Crippen molar-refractivity contribution in [3.8, 4) is 0 Å². The Labute approximate surface area is 123 Å². The summed E-state index contributed by atoms with van der Waals surface area (Å²) >= 11 is 0. The van der Waals surface area contributed by atoms with Crippen molar-refractivity contribution in [2.75, 3.05) is 4.72 Å². The molecule has 0 heterocycles. The van der Waals surface area contributed by atoms with Crippen LogP contribution in [-0.2, 0) is 10.0 Å². The Balaban J connectivity index is 2.45. The van der Waals surface area contributed by atoms with Gasteiger partial charge in [0.2, 0.25) is 5.91 Å². The molecule has 0 saturated carbocycles. The number of nitrogens with two attached hydrogens (primary N) is 1. The zero-order valence-corrected chi connectivity index (χ0v) is 12.6. The fourth-order valence-corrected chi connectivity index (χ4v) is 3.44. The molecule has 6 heteroatoms. The lowest BCUT2D eigenvalue weighted by atomic mass is 10.1. The van der Waals surface area contributed by atoms with Crippen molar-refractivity contribution >= 4 is 21.6 Å². The molecule has 21 heavy (non-hydrogen) atoms. The van der Waals surface area contributed by atoms with E-state index in [-0.39, 0.29) is 4.90 Å². The second kappa shape index (κ2) is 5.57. The van der Waals surface area contributed by atoms with E-state index in [1.807, 2.05) is 0 Å². The van der Waals surface area contributed by atoms with Gasteiger partial charge >= 0.3 is 0 Å². The van der Waals surface area contributed by atoms with Gasteiger partial charge in [-0.05, 0) is 43.2 Å². The van der Waals surface area contributed by atoms with Crippen LogP contribution in [-0.4, -0.2) is 14.3 Å². The van der Waals surface area contributed by atoms with Crippen molar-refractivity contribution in [1.82, 2.24) is 0 Å². The Morgan fingerprint density at radius 3 is 2.33 bits per heavy atom. The highest BCUT2D eigenvalue weighted by atomic mass is 32.2. The van der Waals surface area contributed by atoms with Gasteiger partial charge in [0.25, 0.3) is 10.0 Å². The predicted molar refractivity (Wildman–Crippen MR) is 81.7 cm³/mol. The minimum absolute atomic E-state index is 0.203. The number of primary amides is 1. The molecule has 0 aliphatic heterocycles. The fourth-order valence-electron chi connectivity index (χ4n) is 2.07. The molecule has 0 unspecified atom stereocenters. The molecule has 0 fully saturated rings. The van der Waals surface area contributed by atoms with Crippen LogP contribution in [0.1, 0.15) is 21.5 Å². The van der Waals surface area contributed by atoms with Crippen molar-refractivity contribution in [3.05, 3.63) is 59.2 Å². The van der Waals surface area contributed by atoms with Gasteiger partial charge in [0, 0.05) is 5.56 Å². The van der Waals surface area contributed by atoms with Gasteiger partial charge in [-0.2, -0.15) is 0 Å². The third kappa shape index (κ3) is 3.05. The lowest BCUT2D eigenvalue weighted by molar-refractivity contribution is 0.0999. The van der Waals surface area contributed by atoms with Crippen molar-refractivity contribution < 1.29 is 13.2 Å². The Hall–Kier alpha value is -2.34. The number of sulfonamides is 1. The number of carbonyl (C=O) groups excluding carboxylic acids is 1. The van der Waals surface area contributed by atoms with Crippen molar-refractivity contribution in [3.63, 3.8) is 0 Å². The second-order valence-corrected chi connectivity index (χ2v) is 6.36. The maximum atomic E-state index is 12.4. The fraction of sp³-hybridized carbons (Fsp3) is 0.133. The molecule has 0 aromatic heterocycles. The average molecular weight is 304 g/mol. The molecule has 0 saturated heterocycles. The predicted octanol–water partition coefficient (Wildman–Crippen LogP) is 2.20. The lowest BCUT2D eigenvalue weighted by Gasteiger charge is -2.13. The van der Waals surface area contributed by atoms with E-state index in [0.29, 0.717) is 22.4 Å². The number of amides is 1. The van der Waals surface area contributed by atoms with Crippen LogP contribution in [0, 0.1) is 13.8 Å². The number of carbonyl (C=O) groups is 1. The summed E-state index contributed by atoms with van der Waals surface area (Å²) in [6.07, 6.45) is 0. The third-order valence-electron chi connectivity index (χ3n) is 3.23. The van der Waals surface area contributed by atoms with E-state index in [4.69, 9.17) is 5.73 Å². The Bertz CT molecular complexity index is 798. The summed E-state index contributed by atoms with van der Waals surface area (Å²) in [5.41, 5.74) is 7.05. The topological polar surface area (TPSA) is 89.3 Å². The van der Waals surface area contributed by atoms with Crippen molar-refractivity contribution in [2.45, 2.75) is 18.7 Å². The maximum Gasteiger partial charge on any atom is 0.262 e. The van der Waals surface area contributed by atoms with Crippen LogP contribution in [0.25, 0.3) is 0 Å². The van der Waals surface area contributed by atoms with Crippen molar-refractivity contribution in [2.24, 2.45) is 5.73 Å². The summed E-state index contributed by atoms with van der Waals surface area (Å²) in [5.74, 6) is -0.593. The first-order valence-corrected chi connectivity index (χ1v) is 7.79. The smallest absolute Gasteiger partial charge is 0.262 e. The van der Waals surface area contributed by atoms with Crippen LogP contribution < -0.4 is 10.5 Å². The Kier molecular flexibility index (Phi) is 3.99. The highest BCUT2D eigenvalue weighted by molar-refractivity contribution is 7.92. The average Bonchev–Trinajstić information content (AvgIpc) is 2.41. The number of aryl methyl sites for hydroxylation is 1. The minimum Gasteiger partial charge on any atom is -0.366 e.